The maximum absolute atomic E-state index is 9.32. The van der Waals surface area contributed by atoms with Crippen molar-refractivity contribution < 1.29 is 5.11 Å². The molecule has 0 radical (unpaired) electrons. The molecule has 1 aliphatic carbocycles. The van der Waals surface area contributed by atoms with Gasteiger partial charge in [0, 0.05) is 12.5 Å². The van der Waals surface area contributed by atoms with Crippen molar-refractivity contribution in [1.82, 2.24) is 5.32 Å². The van der Waals surface area contributed by atoms with Crippen LogP contribution in [0.4, 0.5) is 0 Å². The maximum atomic E-state index is 9.32. The van der Waals surface area contributed by atoms with E-state index in [4.69, 9.17) is 0 Å². The standard InChI is InChI=1S/C13H19NO/c1-14-8-13(9-15)12-6-5-10-3-2-4-11(10)7-12/h5-7,13-15H,2-4,8-9H2,1H3. The van der Waals surface area contributed by atoms with Crippen molar-refractivity contribution in [2.45, 2.75) is 25.2 Å². The molecule has 0 heterocycles. The summed E-state index contributed by atoms with van der Waals surface area (Å²) in [5.41, 5.74) is 4.26. The molecule has 0 saturated heterocycles. The number of rotatable bonds is 4. The average molecular weight is 205 g/mol. The van der Waals surface area contributed by atoms with Crippen LogP contribution < -0.4 is 5.32 Å². The normalized spacial score (nSPS) is 16.4. The summed E-state index contributed by atoms with van der Waals surface area (Å²) >= 11 is 0. The highest BCUT2D eigenvalue weighted by atomic mass is 16.3. The lowest BCUT2D eigenvalue weighted by Crippen LogP contribution is -2.20. The van der Waals surface area contributed by atoms with E-state index in [1.165, 1.54) is 36.0 Å². The van der Waals surface area contributed by atoms with E-state index in [0.29, 0.717) is 0 Å². The second-order valence-corrected chi connectivity index (χ2v) is 4.32. The molecule has 1 aromatic rings. The molecule has 2 N–H and O–H groups in total. The zero-order valence-corrected chi connectivity index (χ0v) is 9.29. The molecular weight excluding hydrogens is 186 g/mol. The lowest BCUT2D eigenvalue weighted by Gasteiger charge is -2.15. The van der Waals surface area contributed by atoms with E-state index < -0.39 is 0 Å². The summed E-state index contributed by atoms with van der Waals surface area (Å²) in [6.45, 7) is 1.06. The van der Waals surface area contributed by atoms with Crippen molar-refractivity contribution in [3.05, 3.63) is 34.9 Å². The number of benzene rings is 1. The zero-order chi connectivity index (χ0) is 10.7. The average Bonchev–Trinajstić information content (AvgIpc) is 2.72. The van der Waals surface area contributed by atoms with Gasteiger partial charge in [-0.05, 0) is 43.0 Å². The minimum atomic E-state index is 0.222. The molecule has 2 nitrogen and oxygen atoms in total. The number of aryl methyl sites for hydroxylation is 2. The van der Waals surface area contributed by atoms with Gasteiger partial charge in [0.1, 0.15) is 0 Å². The van der Waals surface area contributed by atoms with E-state index >= 15 is 0 Å². The van der Waals surface area contributed by atoms with E-state index in [2.05, 4.69) is 23.5 Å². The van der Waals surface area contributed by atoms with Crippen LogP contribution in [-0.4, -0.2) is 25.3 Å². The van der Waals surface area contributed by atoms with Crippen molar-refractivity contribution in [2.24, 2.45) is 0 Å². The summed E-state index contributed by atoms with van der Waals surface area (Å²) in [5.74, 6) is 0.237. The first-order valence-electron chi connectivity index (χ1n) is 5.72. The highest BCUT2D eigenvalue weighted by molar-refractivity contribution is 5.36. The van der Waals surface area contributed by atoms with Crippen molar-refractivity contribution in [1.29, 1.82) is 0 Å². The molecule has 2 rings (SSSR count). The Morgan fingerprint density at radius 1 is 1.33 bits per heavy atom. The highest BCUT2D eigenvalue weighted by Gasteiger charge is 2.14. The smallest absolute Gasteiger partial charge is 0.0511 e. The molecule has 82 valence electrons. The predicted octanol–water partition coefficient (Wildman–Crippen LogP) is 1.47. The maximum Gasteiger partial charge on any atom is 0.0511 e. The Morgan fingerprint density at radius 2 is 2.13 bits per heavy atom. The first-order valence-corrected chi connectivity index (χ1v) is 5.72. The van der Waals surface area contributed by atoms with Crippen LogP contribution >= 0.6 is 0 Å². The third-order valence-corrected chi connectivity index (χ3v) is 3.26. The fourth-order valence-electron chi connectivity index (χ4n) is 2.38. The number of fused-ring (bicyclic) bond motifs is 1. The SMILES string of the molecule is CNCC(CO)c1ccc2c(c1)CCC2. The molecule has 1 aliphatic rings. The molecule has 0 amide bonds. The van der Waals surface area contributed by atoms with Crippen molar-refractivity contribution in [3.8, 4) is 0 Å². The van der Waals surface area contributed by atoms with Gasteiger partial charge in [0.2, 0.25) is 0 Å². The van der Waals surface area contributed by atoms with Crippen LogP contribution in [0.15, 0.2) is 18.2 Å². The fourth-order valence-corrected chi connectivity index (χ4v) is 2.38. The van der Waals surface area contributed by atoms with Gasteiger partial charge in [-0.3, -0.25) is 0 Å². The van der Waals surface area contributed by atoms with E-state index in [-0.39, 0.29) is 12.5 Å². The minimum Gasteiger partial charge on any atom is -0.396 e. The molecule has 0 aromatic heterocycles. The number of hydrogen-bond acceptors (Lipinski definition) is 2. The predicted molar refractivity (Wildman–Crippen MR) is 62.2 cm³/mol. The number of hydrogen-bond donors (Lipinski definition) is 2. The second kappa shape index (κ2) is 4.77. The first-order chi connectivity index (χ1) is 7.35. The van der Waals surface area contributed by atoms with E-state index in [9.17, 15) is 5.11 Å². The van der Waals surface area contributed by atoms with E-state index in [1.54, 1.807) is 0 Å². The molecule has 1 atom stereocenters. The largest absolute Gasteiger partial charge is 0.396 e. The van der Waals surface area contributed by atoms with Gasteiger partial charge >= 0.3 is 0 Å². The molecule has 0 bridgehead atoms. The van der Waals surface area contributed by atoms with Crippen molar-refractivity contribution in [3.63, 3.8) is 0 Å². The molecule has 0 fully saturated rings. The van der Waals surface area contributed by atoms with E-state index in [1.807, 2.05) is 7.05 Å². The summed E-state index contributed by atoms with van der Waals surface area (Å²) in [7, 11) is 1.93. The van der Waals surface area contributed by atoms with Gasteiger partial charge in [-0.1, -0.05) is 18.2 Å². The molecule has 2 heteroatoms. The molecule has 0 spiro atoms. The van der Waals surface area contributed by atoms with Crippen molar-refractivity contribution in [2.75, 3.05) is 20.2 Å². The van der Waals surface area contributed by atoms with Gasteiger partial charge in [-0.15, -0.1) is 0 Å². The van der Waals surface area contributed by atoms with Gasteiger partial charge in [-0.2, -0.15) is 0 Å². The number of nitrogens with one attached hydrogen (secondary N) is 1. The lowest BCUT2D eigenvalue weighted by molar-refractivity contribution is 0.263. The van der Waals surface area contributed by atoms with E-state index in [0.717, 1.165) is 6.54 Å². The van der Waals surface area contributed by atoms with Crippen LogP contribution in [0.2, 0.25) is 0 Å². The Morgan fingerprint density at radius 3 is 2.87 bits per heavy atom. The number of aliphatic hydroxyl groups is 1. The van der Waals surface area contributed by atoms with Crippen LogP contribution in [-0.2, 0) is 12.8 Å². The summed E-state index contributed by atoms with van der Waals surface area (Å²) in [6, 6.07) is 6.68. The molecule has 15 heavy (non-hydrogen) atoms. The van der Waals surface area contributed by atoms with Crippen LogP contribution in [0.1, 0.15) is 29.0 Å². The monoisotopic (exact) mass is 205 g/mol. The fraction of sp³-hybridized carbons (Fsp3) is 0.538. The summed E-state index contributed by atoms with van der Waals surface area (Å²) < 4.78 is 0. The van der Waals surface area contributed by atoms with Crippen LogP contribution in [0.25, 0.3) is 0 Å². The Hall–Kier alpha value is -0.860. The Labute approximate surface area is 91.3 Å². The summed E-state index contributed by atoms with van der Waals surface area (Å²) in [5, 5.41) is 12.4. The van der Waals surface area contributed by atoms with Gasteiger partial charge in [0.05, 0.1) is 6.61 Å². The third-order valence-electron chi connectivity index (χ3n) is 3.26. The topological polar surface area (TPSA) is 32.3 Å². The van der Waals surface area contributed by atoms with Gasteiger partial charge in [-0.25, -0.2) is 0 Å². The number of likely N-dealkylation sites (N-methyl/N-ethyl adjacent to an activating group) is 1. The molecule has 0 aliphatic heterocycles. The highest BCUT2D eigenvalue weighted by Crippen LogP contribution is 2.25. The first kappa shape index (κ1) is 10.7. The molecule has 1 unspecified atom stereocenters. The Bertz CT molecular complexity index is 335. The quantitative estimate of drug-likeness (QED) is 0.780. The zero-order valence-electron chi connectivity index (χ0n) is 9.29. The van der Waals surface area contributed by atoms with Crippen LogP contribution in [0.3, 0.4) is 0 Å². The van der Waals surface area contributed by atoms with Crippen LogP contribution in [0.5, 0.6) is 0 Å². The number of aliphatic hydroxyl groups excluding tert-OH is 1. The molecular formula is C13H19NO. The third kappa shape index (κ3) is 2.21. The Balaban J connectivity index is 2.20. The van der Waals surface area contributed by atoms with Gasteiger partial charge in [0.15, 0.2) is 0 Å². The molecule has 1 aromatic carbocycles. The van der Waals surface area contributed by atoms with Crippen LogP contribution in [0, 0.1) is 0 Å². The summed E-state index contributed by atoms with van der Waals surface area (Å²) in [4.78, 5) is 0. The summed E-state index contributed by atoms with van der Waals surface area (Å²) in [6.07, 6.45) is 3.72. The second-order valence-electron chi connectivity index (χ2n) is 4.32. The Kier molecular flexibility index (Phi) is 3.39. The minimum absolute atomic E-state index is 0.222. The van der Waals surface area contributed by atoms with Gasteiger partial charge < -0.3 is 10.4 Å². The lowest BCUT2D eigenvalue weighted by atomic mass is 9.96. The molecule has 0 saturated carbocycles. The van der Waals surface area contributed by atoms with Crippen molar-refractivity contribution >= 4 is 0 Å². The van der Waals surface area contributed by atoms with Gasteiger partial charge in [0.25, 0.3) is 0 Å².